The molecule has 1 aromatic carbocycles. The molecule has 0 aliphatic carbocycles. The maximum Gasteiger partial charge on any atom is 0.272 e. The molecule has 0 unspecified atom stereocenters. The fourth-order valence-electron chi connectivity index (χ4n) is 2.21. The van der Waals surface area contributed by atoms with Crippen LogP contribution in [0.5, 0.6) is 0 Å². The van der Waals surface area contributed by atoms with Gasteiger partial charge in [-0.2, -0.15) is 0 Å². The number of aryl methyl sites for hydroxylation is 2. The first-order valence-corrected chi connectivity index (χ1v) is 6.91. The van der Waals surface area contributed by atoms with Gasteiger partial charge < -0.3 is 9.88 Å². The molecule has 0 spiro atoms. The van der Waals surface area contributed by atoms with Crippen molar-refractivity contribution in [3.8, 4) is 0 Å². The molecule has 4 nitrogen and oxygen atoms in total. The average Bonchev–Trinajstić information content (AvgIpc) is 2.42. The van der Waals surface area contributed by atoms with E-state index in [-0.39, 0.29) is 5.56 Å². The standard InChI is InChI=1S/C15H21N3O/c1-3-9-16-10-6-11-18-14-8-5-4-7-13(14)17-12(2)15(18)19/h4-5,7-8,16H,3,6,9-11H2,1-2H3. The molecule has 0 saturated heterocycles. The first-order valence-electron chi connectivity index (χ1n) is 6.91. The molecule has 0 bridgehead atoms. The van der Waals surface area contributed by atoms with Crippen LogP contribution in [0.1, 0.15) is 25.5 Å². The molecule has 0 saturated carbocycles. The third-order valence-electron chi connectivity index (χ3n) is 3.18. The van der Waals surface area contributed by atoms with Crippen molar-refractivity contribution in [2.24, 2.45) is 0 Å². The van der Waals surface area contributed by atoms with E-state index in [1.165, 1.54) is 0 Å². The third-order valence-corrected chi connectivity index (χ3v) is 3.18. The Morgan fingerprint density at radius 1 is 1.26 bits per heavy atom. The van der Waals surface area contributed by atoms with E-state index in [0.717, 1.165) is 43.5 Å². The topological polar surface area (TPSA) is 46.9 Å². The lowest BCUT2D eigenvalue weighted by molar-refractivity contribution is 0.576. The molecule has 0 atom stereocenters. The molecule has 102 valence electrons. The van der Waals surface area contributed by atoms with Gasteiger partial charge in [-0.3, -0.25) is 4.79 Å². The monoisotopic (exact) mass is 259 g/mol. The number of aromatic nitrogens is 2. The quantitative estimate of drug-likeness (QED) is 0.808. The maximum atomic E-state index is 12.2. The van der Waals surface area contributed by atoms with Crippen molar-refractivity contribution < 1.29 is 0 Å². The second-order valence-electron chi connectivity index (χ2n) is 4.75. The van der Waals surface area contributed by atoms with Crippen molar-refractivity contribution in [1.29, 1.82) is 0 Å². The highest BCUT2D eigenvalue weighted by Gasteiger charge is 2.06. The largest absolute Gasteiger partial charge is 0.317 e. The summed E-state index contributed by atoms with van der Waals surface area (Å²) in [6, 6.07) is 7.81. The van der Waals surface area contributed by atoms with Gasteiger partial charge in [-0.15, -0.1) is 0 Å². The summed E-state index contributed by atoms with van der Waals surface area (Å²) in [6.07, 6.45) is 2.09. The van der Waals surface area contributed by atoms with E-state index in [0.29, 0.717) is 5.69 Å². The SMILES string of the molecule is CCCNCCCn1c(=O)c(C)nc2ccccc21. The van der Waals surface area contributed by atoms with Crippen LogP contribution < -0.4 is 10.9 Å². The van der Waals surface area contributed by atoms with Crippen molar-refractivity contribution in [3.63, 3.8) is 0 Å². The molecule has 2 aromatic rings. The Morgan fingerprint density at radius 3 is 2.84 bits per heavy atom. The smallest absolute Gasteiger partial charge is 0.272 e. The van der Waals surface area contributed by atoms with Crippen LogP contribution in [0.3, 0.4) is 0 Å². The second kappa shape index (κ2) is 6.48. The van der Waals surface area contributed by atoms with Crippen LogP contribution in [0, 0.1) is 6.92 Å². The van der Waals surface area contributed by atoms with Crippen LogP contribution in [-0.2, 0) is 6.54 Å². The Kier molecular flexibility index (Phi) is 4.68. The number of para-hydroxylation sites is 2. The first-order chi connectivity index (χ1) is 9.24. The van der Waals surface area contributed by atoms with Crippen molar-refractivity contribution >= 4 is 11.0 Å². The minimum atomic E-state index is 0.0224. The van der Waals surface area contributed by atoms with Crippen molar-refractivity contribution in [1.82, 2.24) is 14.9 Å². The van der Waals surface area contributed by atoms with Crippen LogP contribution in [0.15, 0.2) is 29.1 Å². The van der Waals surface area contributed by atoms with Gasteiger partial charge in [0, 0.05) is 6.54 Å². The number of nitrogens with one attached hydrogen (secondary N) is 1. The second-order valence-corrected chi connectivity index (χ2v) is 4.75. The summed E-state index contributed by atoms with van der Waals surface area (Å²) in [5, 5.41) is 3.36. The number of rotatable bonds is 6. The zero-order chi connectivity index (χ0) is 13.7. The van der Waals surface area contributed by atoms with Crippen LogP contribution in [0.2, 0.25) is 0 Å². The van der Waals surface area contributed by atoms with Crippen LogP contribution in [0.4, 0.5) is 0 Å². The highest BCUT2D eigenvalue weighted by Crippen LogP contribution is 2.09. The summed E-state index contributed by atoms with van der Waals surface area (Å²) >= 11 is 0. The minimum absolute atomic E-state index is 0.0224. The van der Waals surface area contributed by atoms with Crippen LogP contribution in [-0.4, -0.2) is 22.6 Å². The zero-order valence-electron chi connectivity index (χ0n) is 11.6. The average molecular weight is 259 g/mol. The van der Waals surface area contributed by atoms with E-state index in [4.69, 9.17) is 0 Å². The Morgan fingerprint density at radius 2 is 2.05 bits per heavy atom. The van der Waals surface area contributed by atoms with Crippen molar-refractivity contribution in [3.05, 3.63) is 40.3 Å². The number of hydrogen-bond donors (Lipinski definition) is 1. The molecule has 1 N–H and O–H groups in total. The predicted octanol–water partition coefficient (Wildman–Crippen LogP) is 2.09. The van der Waals surface area contributed by atoms with E-state index in [2.05, 4.69) is 17.2 Å². The summed E-state index contributed by atoms with van der Waals surface area (Å²) in [7, 11) is 0. The molecule has 4 heteroatoms. The molecule has 0 aliphatic rings. The molecule has 0 radical (unpaired) electrons. The molecule has 0 amide bonds. The Labute approximate surface area is 113 Å². The highest BCUT2D eigenvalue weighted by molar-refractivity contribution is 5.74. The van der Waals surface area contributed by atoms with Gasteiger partial charge >= 0.3 is 0 Å². The normalized spacial score (nSPS) is 11.1. The number of fused-ring (bicyclic) bond motifs is 1. The van der Waals surface area contributed by atoms with Crippen molar-refractivity contribution in [2.45, 2.75) is 33.2 Å². The summed E-state index contributed by atoms with van der Waals surface area (Å²) in [6.45, 7) is 6.64. The highest BCUT2D eigenvalue weighted by atomic mass is 16.1. The molecule has 19 heavy (non-hydrogen) atoms. The Balaban J connectivity index is 2.21. The van der Waals surface area contributed by atoms with Gasteiger partial charge in [0.1, 0.15) is 5.69 Å². The van der Waals surface area contributed by atoms with Gasteiger partial charge in [-0.25, -0.2) is 4.98 Å². The lowest BCUT2D eigenvalue weighted by Gasteiger charge is -2.11. The van der Waals surface area contributed by atoms with Gasteiger partial charge in [0.2, 0.25) is 0 Å². The maximum absolute atomic E-state index is 12.2. The summed E-state index contributed by atoms with van der Waals surface area (Å²) in [4.78, 5) is 16.5. The van der Waals surface area contributed by atoms with E-state index in [1.54, 1.807) is 6.92 Å². The lowest BCUT2D eigenvalue weighted by atomic mass is 10.2. The van der Waals surface area contributed by atoms with E-state index in [1.807, 2.05) is 28.8 Å². The van der Waals surface area contributed by atoms with Crippen LogP contribution in [0.25, 0.3) is 11.0 Å². The molecular formula is C15H21N3O. The number of hydrogen-bond acceptors (Lipinski definition) is 3. The Hall–Kier alpha value is -1.68. The van der Waals surface area contributed by atoms with Gasteiger partial charge in [-0.1, -0.05) is 19.1 Å². The third kappa shape index (κ3) is 3.20. The van der Waals surface area contributed by atoms with E-state index in [9.17, 15) is 4.79 Å². The number of benzene rings is 1. The molecule has 0 aliphatic heterocycles. The zero-order valence-corrected chi connectivity index (χ0v) is 11.6. The van der Waals surface area contributed by atoms with Gasteiger partial charge in [-0.05, 0) is 45.0 Å². The van der Waals surface area contributed by atoms with Gasteiger partial charge in [0.15, 0.2) is 0 Å². The Bertz CT molecular complexity index is 604. The molecule has 1 heterocycles. The molecule has 0 fully saturated rings. The summed E-state index contributed by atoms with van der Waals surface area (Å²) < 4.78 is 1.84. The minimum Gasteiger partial charge on any atom is -0.317 e. The van der Waals surface area contributed by atoms with Gasteiger partial charge in [0.25, 0.3) is 5.56 Å². The fourth-order valence-corrected chi connectivity index (χ4v) is 2.21. The number of nitrogens with zero attached hydrogens (tertiary/aromatic N) is 2. The molecular weight excluding hydrogens is 238 g/mol. The lowest BCUT2D eigenvalue weighted by Crippen LogP contribution is -2.26. The molecule has 1 aromatic heterocycles. The fraction of sp³-hybridized carbons (Fsp3) is 0.467. The first kappa shape index (κ1) is 13.7. The summed E-state index contributed by atoms with van der Waals surface area (Å²) in [5.74, 6) is 0. The van der Waals surface area contributed by atoms with Gasteiger partial charge in [0.05, 0.1) is 11.0 Å². The van der Waals surface area contributed by atoms with Crippen LogP contribution >= 0.6 is 0 Å². The predicted molar refractivity (Wildman–Crippen MR) is 78.5 cm³/mol. The van der Waals surface area contributed by atoms with E-state index < -0.39 is 0 Å². The summed E-state index contributed by atoms with van der Waals surface area (Å²) in [5.41, 5.74) is 2.41. The molecule has 2 rings (SSSR count). The van der Waals surface area contributed by atoms with E-state index >= 15 is 0 Å². The van der Waals surface area contributed by atoms with Crippen molar-refractivity contribution in [2.75, 3.05) is 13.1 Å².